The van der Waals surface area contributed by atoms with Crippen LogP contribution < -0.4 is 10.1 Å². The van der Waals surface area contributed by atoms with E-state index in [1.807, 2.05) is 12.1 Å². The van der Waals surface area contributed by atoms with Crippen molar-refractivity contribution in [1.29, 1.82) is 0 Å². The molecular formula is C23H26ClNO5. The molecule has 0 radical (unpaired) electrons. The average molecular weight is 432 g/mol. The van der Waals surface area contributed by atoms with E-state index in [4.69, 9.17) is 21.1 Å². The number of carbonyl (C=O) groups excluding carboxylic acids is 3. The monoisotopic (exact) mass is 431 g/mol. The van der Waals surface area contributed by atoms with E-state index < -0.39 is 11.6 Å². The van der Waals surface area contributed by atoms with Crippen LogP contribution in [0.15, 0.2) is 48.5 Å². The van der Waals surface area contributed by atoms with Crippen molar-refractivity contribution in [3.8, 4) is 5.75 Å². The average Bonchev–Trinajstić information content (AvgIpc) is 2.71. The second kappa shape index (κ2) is 10.8. The molecule has 1 amide bonds. The van der Waals surface area contributed by atoms with E-state index in [9.17, 15) is 14.4 Å². The lowest BCUT2D eigenvalue weighted by Gasteiger charge is -2.24. The fraction of sp³-hybridized carbons (Fsp3) is 0.348. The van der Waals surface area contributed by atoms with Gasteiger partial charge < -0.3 is 14.8 Å². The molecule has 7 heteroatoms. The second-order valence-electron chi connectivity index (χ2n) is 7.35. The Morgan fingerprint density at radius 1 is 1.00 bits per heavy atom. The van der Waals surface area contributed by atoms with E-state index in [0.717, 1.165) is 18.4 Å². The smallest absolute Gasteiger partial charge is 0.350 e. The number of carbonyl (C=O) groups is 3. The first-order valence-electron chi connectivity index (χ1n) is 9.66. The zero-order chi connectivity index (χ0) is 22.1. The number of Topliss-reactive ketones (excluding diaryl/α,β-unsaturated/α-hetero) is 1. The number of hydrogen-bond donors (Lipinski definition) is 1. The van der Waals surface area contributed by atoms with Crippen LogP contribution in [0.5, 0.6) is 5.75 Å². The van der Waals surface area contributed by atoms with Crippen molar-refractivity contribution < 1.29 is 23.9 Å². The number of amides is 1. The highest BCUT2D eigenvalue weighted by Crippen LogP contribution is 2.22. The lowest BCUT2D eigenvalue weighted by atomic mass is 10.1. The second-order valence-corrected chi connectivity index (χ2v) is 7.79. The van der Waals surface area contributed by atoms with E-state index >= 15 is 0 Å². The van der Waals surface area contributed by atoms with Gasteiger partial charge in [-0.15, -0.1) is 0 Å². The van der Waals surface area contributed by atoms with Gasteiger partial charge in [0.2, 0.25) is 5.91 Å². The van der Waals surface area contributed by atoms with Crippen LogP contribution in [0.1, 0.15) is 43.1 Å². The highest BCUT2D eigenvalue weighted by molar-refractivity contribution is 6.30. The van der Waals surface area contributed by atoms with Crippen molar-refractivity contribution in [2.45, 2.75) is 39.2 Å². The third kappa shape index (κ3) is 7.52. The van der Waals surface area contributed by atoms with Crippen LogP contribution in [-0.4, -0.2) is 36.4 Å². The molecule has 0 unspecified atom stereocenters. The normalized spacial score (nSPS) is 10.9. The first-order valence-corrected chi connectivity index (χ1v) is 10.0. The number of benzene rings is 2. The standard InChI is InChI=1S/C23H26ClNO5/c1-16(26)25-14-4-5-17-6-8-18(9-7-17)21(27)15-29-22(28)23(2,3)30-20-12-10-19(24)11-13-20/h6-13H,4-5,14-15H2,1-3H3,(H,25,26). The minimum Gasteiger partial charge on any atom is -0.476 e. The number of ether oxygens (including phenoxy) is 2. The highest BCUT2D eigenvalue weighted by atomic mass is 35.5. The van der Waals surface area contributed by atoms with E-state index in [2.05, 4.69) is 5.32 Å². The third-order valence-corrected chi connectivity index (χ3v) is 4.56. The summed E-state index contributed by atoms with van der Waals surface area (Å²) in [5.41, 5.74) is 0.266. The van der Waals surface area contributed by atoms with Crippen LogP contribution in [0.3, 0.4) is 0 Å². The topological polar surface area (TPSA) is 81.7 Å². The molecule has 0 spiro atoms. The molecule has 0 heterocycles. The Balaban J connectivity index is 1.82. The molecule has 2 aromatic rings. The summed E-state index contributed by atoms with van der Waals surface area (Å²) in [6.45, 7) is 4.88. The number of halogens is 1. The van der Waals surface area contributed by atoms with Gasteiger partial charge in [-0.1, -0.05) is 35.9 Å². The van der Waals surface area contributed by atoms with Gasteiger partial charge in [0.15, 0.2) is 18.0 Å². The van der Waals surface area contributed by atoms with Crippen molar-refractivity contribution >= 4 is 29.3 Å². The van der Waals surface area contributed by atoms with Crippen molar-refractivity contribution in [3.05, 3.63) is 64.7 Å². The van der Waals surface area contributed by atoms with E-state index in [-0.39, 0.29) is 18.3 Å². The molecule has 30 heavy (non-hydrogen) atoms. The Labute approximate surface area is 181 Å². The van der Waals surface area contributed by atoms with E-state index in [1.165, 1.54) is 6.92 Å². The molecule has 0 saturated heterocycles. The molecule has 0 bridgehead atoms. The number of aryl methyl sites for hydroxylation is 1. The molecule has 0 aromatic heterocycles. The van der Waals surface area contributed by atoms with Gasteiger partial charge >= 0.3 is 5.97 Å². The minimum absolute atomic E-state index is 0.0489. The summed E-state index contributed by atoms with van der Waals surface area (Å²) >= 11 is 5.84. The Morgan fingerprint density at radius 2 is 1.63 bits per heavy atom. The van der Waals surface area contributed by atoms with Crippen LogP contribution in [0.4, 0.5) is 0 Å². The Kier molecular flexibility index (Phi) is 8.42. The Hall–Kier alpha value is -2.86. The predicted octanol–water partition coefficient (Wildman–Crippen LogP) is 3.99. The molecule has 0 saturated carbocycles. The van der Waals surface area contributed by atoms with Crippen LogP contribution in [0.2, 0.25) is 5.02 Å². The fourth-order valence-corrected chi connectivity index (χ4v) is 2.77. The van der Waals surface area contributed by atoms with Gasteiger partial charge in [-0.25, -0.2) is 4.79 Å². The molecule has 0 fully saturated rings. The lowest BCUT2D eigenvalue weighted by Crippen LogP contribution is -2.40. The summed E-state index contributed by atoms with van der Waals surface area (Å²) in [6, 6.07) is 13.8. The molecular weight excluding hydrogens is 406 g/mol. The highest BCUT2D eigenvalue weighted by Gasteiger charge is 2.32. The summed E-state index contributed by atoms with van der Waals surface area (Å²) in [4.78, 5) is 35.6. The summed E-state index contributed by atoms with van der Waals surface area (Å²) in [5.74, 6) is -0.509. The van der Waals surface area contributed by atoms with Gasteiger partial charge in [-0.05, 0) is 56.5 Å². The van der Waals surface area contributed by atoms with Crippen molar-refractivity contribution in [3.63, 3.8) is 0 Å². The van der Waals surface area contributed by atoms with Crippen LogP contribution in [0, 0.1) is 0 Å². The number of nitrogens with one attached hydrogen (secondary N) is 1. The number of esters is 1. The SMILES string of the molecule is CC(=O)NCCCc1ccc(C(=O)COC(=O)C(C)(C)Oc2ccc(Cl)cc2)cc1. The molecule has 0 aliphatic heterocycles. The zero-order valence-electron chi connectivity index (χ0n) is 17.4. The van der Waals surface area contributed by atoms with Crippen molar-refractivity contribution in [1.82, 2.24) is 5.32 Å². The van der Waals surface area contributed by atoms with Crippen LogP contribution >= 0.6 is 11.6 Å². The summed E-state index contributed by atoms with van der Waals surface area (Å²) in [7, 11) is 0. The van der Waals surface area contributed by atoms with E-state index in [1.54, 1.807) is 50.2 Å². The fourth-order valence-electron chi connectivity index (χ4n) is 2.64. The predicted molar refractivity (Wildman–Crippen MR) is 115 cm³/mol. The molecule has 6 nitrogen and oxygen atoms in total. The molecule has 0 aliphatic rings. The van der Waals surface area contributed by atoms with Crippen LogP contribution in [-0.2, 0) is 20.7 Å². The molecule has 2 aromatic carbocycles. The van der Waals surface area contributed by atoms with Gasteiger partial charge in [0.05, 0.1) is 0 Å². The Bertz CT molecular complexity index is 875. The maximum atomic E-state index is 12.4. The van der Waals surface area contributed by atoms with Gasteiger partial charge in [0, 0.05) is 24.1 Å². The van der Waals surface area contributed by atoms with Gasteiger partial charge in [-0.3, -0.25) is 9.59 Å². The minimum atomic E-state index is -1.26. The number of ketones is 1. The summed E-state index contributed by atoms with van der Waals surface area (Å²) in [5, 5.41) is 3.31. The van der Waals surface area contributed by atoms with Gasteiger partial charge in [-0.2, -0.15) is 0 Å². The van der Waals surface area contributed by atoms with Crippen LogP contribution in [0.25, 0.3) is 0 Å². The molecule has 160 valence electrons. The van der Waals surface area contributed by atoms with Crippen molar-refractivity contribution in [2.24, 2.45) is 0 Å². The van der Waals surface area contributed by atoms with Gasteiger partial charge in [0.25, 0.3) is 0 Å². The number of rotatable bonds is 10. The van der Waals surface area contributed by atoms with Crippen molar-refractivity contribution in [2.75, 3.05) is 13.2 Å². The lowest BCUT2D eigenvalue weighted by molar-refractivity contribution is -0.158. The largest absolute Gasteiger partial charge is 0.476 e. The summed E-state index contributed by atoms with van der Waals surface area (Å²) < 4.78 is 10.8. The van der Waals surface area contributed by atoms with Gasteiger partial charge in [0.1, 0.15) is 5.75 Å². The van der Waals surface area contributed by atoms with E-state index in [0.29, 0.717) is 22.9 Å². The Morgan fingerprint density at radius 3 is 2.23 bits per heavy atom. The first-order chi connectivity index (χ1) is 14.2. The molecule has 0 atom stereocenters. The number of hydrogen-bond acceptors (Lipinski definition) is 5. The third-order valence-electron chi connectivity index (χ3n) is 4.30. The molecule has 0 aliphatic carbocycles. The zero-order valence-corrected chi connectivity index (χ0v) is 18.1. The maximum Gasteiger partial charge on any atom is 0.350 e. The molecule has 1 N–H and O–H groups in total. The first kappa shape index (κ1) is 23.4. The summed E-state index contributed by atoms with van der Waals surface area (Å²) in [6.07, 6.45) is 1.60. The quantitative estimate of drug-likeness (QED) is 0.349. The molecule has 2 rings (SSSR count). The maximum absolute atomic E-state index is 12.4.